The summed E-state index contributed by atoms with van der Waals surface area (Å²) in [6.07, 6.45) is 0. The van der Waals surface area contributed by atoms with Crippen molar-refractivity contribution in [2.75, 3.05) is 0 Å². The number of halogens is 1. The molecule has 3 aromatic rings. The van der Waals surface area contributed by atoms with Crippen LogP contribution in [0.1, 0.15) is 15.4 Å². The summed E-state index contributed by atoms with van der Waals surface area (Å²) in [4.78, 5) is 16.4. The van der Waals surface area contributed by atoms with E-state index in [0.29, 0.717) is 5.56 Å². The number of para-hydroxylation sites is 1. The number of aromatic nitrogens is 1. The maximum Gasteiger partial charge on any atom is 0.338 e. The maximum absolute atomic E-state index is 11.9. The molecule has 2 aromatic carbocycles. The SMILES string of the molecule is O=C(OCc1nc2ccccc2s1)c1cccc(I)c1. The Morgan fingerprint density at radius 3 is 2.85 bits per heavy atom. The molecule has 0 saturated carbocycles. The number of carbonyl (C=O) groups is 1. The number of hydrogen-bond donors (Lipinski definition) is 0. The van der Waals surface area contributed by atoms with Crippen LogP contribution in [0.15, 0.2) is 48.5 Å². The number of esters is 1. The molecule has 3 rings (SSSR count). The quantitative estimate of drug-likeness (QED) is 0.492. The van der Waals surface area contributed by atoms with Gasteiger partial charge in [0.05, 0.1) is 15.8 Å². The normalized spacial score (nSPS) is 10.7. The van der Waals surface area contributed by atoms with Gasteiger partial charge in [0, 0.05) is 3.57 Å². The second-order valence-electron chi connectivity index (χ2n) is 4.16. The molecule has 0 bridgehead atoms. The molecule has 20 heavy (non-hydrogen) atoms. The standard InChI is InChI=1S/C15H10INO2S/c16-11-5-3-4-10(8-11)15(18)19-9-14-17-12-6-1-2-7-13(12)20-14/h1-8H,9H2. The predicted molar refractivity (Wildman–Crippen MR) is 87.9 cm³/mol. The lowest BCUT2D eigenvalue weighted by atomic mass is 10.2. The van der Waals surface area contributed by atoms with Gasteiger partial charge in [-0.3, -0.25) is 0 Å². The molecule has 0 spiro atoms. The molecule has 0 aliphatic rings. The van der Waals surface area contributed by atoms with Crippen molar-refractivity contribution < 1.29 is 9.53 Å². The molecular formula is C15H10INO2S. The number of fused-ring (bicyclic) bond motifs is 1. The number of nitrogens with zero attached hydrogens (tertiary/aromatic N) is 1. The number of ether oxygens (including phenoxy) is 1. The van der Waals surface area contributed by atoms with Gasteiger partial charge in [0.2, 0.25) is 0 Å². The van der Waals surface area contributed by atoms with Crippen LogP contribution in [-0.4, -0.2) is 11.0 Å². The van der Waals surface area contributed by atoms with Gasteiger partial charge in [0.15, 0.2) is 0 Å². The van der Waals surface area contributed by atoms with Crippen molar-refractivity contribution in [3.8, 4) is 0 Å². The Hall–Kier alpha value is -1.47. The Bertz CT molecular complexity index is 736. The first kappa shape index (κ1) is 13.5. The summed E-state index contributed by atoms with van der Waals surface area (Å²) in [5, 5.41) is 0.810. The third-order valence-electron chi connectivity index (χ3n) is 2.73. The van der Waals surface area contributed by atoms with Crippen molar-refractivity contribution >= 4 is 50.1 Å². The summed E-state index contributed by atoms with van der Waals surface area (Å²) >= 11 is 3.72. The van der Waals surface area contributed by atoms with Gasteiger partial charge >= 0.3 is 5.97 Å². The Kier molecular flexibility index (Phi) is 3.98. The highest BCUT2D eigenvalue weighted by Crippen LogP contribution is 2.22. The van der Waals surface area contributed by atoms with Gasteiger partial charge in [-0.15, -0.1) is 11.3 Å². The zero-order valence-electron chi connectivity index (χ0n) is 10.4. The molecule has 0 radical (unpaired) electrons. The van der Waals surface area contributed by atoms with E-state index in [2.05, 4.69) is 27.6 Å². The van der Waals surface area contributed by atoms with Gasteiger partial charge in [-0.25, -0.2) is 9.78 Å². The van der Waals surface area contributed by atoms with E-state index in [-0.39, 0.29) is 12.6 Å². The fraction of sp³-hybridized carbons (Fsp3) is 0.0667. The van der Waals surface area contributed by atoms with Crippen molar-refractivity contribution in [1.82, 2.24) is 4.98 Å². The lowest BCUT2D eigenvalue weighted by molar-refractivity contribution is 0.0472. The molecule has 1 heterocycles. The highest BCUT2D eigenvalue weighted by Gasteiger charge is 2.09. The summed E-state index contributed by atoms with van der Waals surface area (Å²) < 4.78 is 7.42. The fourth-order valence-electron chi connectivity index (χ4n) is 1.81. The van der Waals surface area contributed by atoms with Gasteiger partial charge in [-0.1, -0.05) is 18.2 Å². The first-order chi connectivity index (χ1) is 9.72. The molecule has 0 atom stereocenters. The first-order valence-electron chi connectivity index (χ1n) is 5.99. The van der Waals surface area contributed by atoms with E-state index in [4.69, 9.17) is 4.74 Å². The number of rotatable bonds is 3. The summed E-state index contributed by atoms with van der Waals surface area (Å²) in [7, 11) is 0. The molecular weight excluding hydrogens is 385 g/mol. The average Bonchev–Trinajstić information content (AvgIpc) is 2.87. The molecule has 0 saturated heterocycles. The van der Waals surface area contributed by atoms with E-state index < -0.39 is 0 Å². The number of thiazole rings is 1. The van der Waals surface area contributed by atoms with Crippen LogP contribution in [0.3, 0.4) is 0 Å². The van der Waals surface area contributed by atoms with Crippen molar-refractivity contribution in [3.05, 3.63) is 62.7 Å². The second-order valence-corrected chi connectivity index (χ2v) is 6.52. The minimum absolute atomic E-state index is 0.212. The topological polar surface area (TPSA) is 39.2 Å². The Balaban J connectivity index is 1.71. The summed E-state index contributed by atoms with van der Waals surface area (Å²) in [5.41, 5.74) is 1.51. The van der Waals surface area contributed by atoms with Gasteiger partial charge in [-0.05, 0) is 52.9 Å². The lowest BCUT2D eigenvalue weighted by Crippen LogP contribution is -2.05. The molecule has 0 amide bonds. The molecule has 0 aliphatic carbocycles. The van der Waals surface area contributed by atoms with E-state index in [1.54, 1.807) is 23.5 Å². The fourth-order valence-corrected chi connectivity index (χ4v) is 3.23. The molecule has 100 valence electrons. The van der Waals surface area contributed by atoms with Crippen molar-refractivity contribution in [2.24, 2.45) is 0 Å². The molecule has 0 aliphatic heterocycles. The first-order valence-corrected chi connectivity index (χ1v) is 7.89. The highest BCUT2D eigenvalue weighted by atomic mass is 127. The maximum atomic E-state index is 11.9. The van der Waals surface area contributed by atoms with E-state index in [9.17, 15) is 4.79 Å². The van der Waals surface area contributed by atoms with E-state index in [1.807, 2.05) is 36.4 Å². The van der Waals surface area contributed by atoms with E-state index >= 15 is 0 Å². The summed E-state index contributed by atoms with van der Waals surface area (Å²) in [5.74, 6) is -0.317. The Labute approximate surface area is 133 Å². The van der Waals surface area contributed by atoms with Gasteiger partial charge in [0.25, 0.3) is 0 Å². The van der Waals surface area contributed by atoms with Crippen LogP contribution in [0.4, 0.5) is 0 Å². The van der Waals surface area contributed by atoms with E-state index in [1.165, 1.54) is 0 Å². The van der Waals surface area contributed by atoms with Crippen molar-refractivity contribution in [2.45, 2.75) is 6.61 Å². The van der Waals surface area contributed by atoms with Crippen LogP contribution in [0.5, 0.6) is 0 Å². The minimum atomic E-state index is -0.317. The number of carbonyl (C=O) groups excluding carboxylic acids is 1. The molecule has 0 N–H and O–H groups in total. The van der Waals surface area contributed by atoms with Crippen LogP contribution in [0.25, 0.3) is 10.2 Å². The lowest BCUT2D eigenvalue weighted by Gasteiger charge is -2.02. The molecule has 0 fully saturated rings. The van der Waals surface area contributed by atoms with E-state index in [0.717, 1.165) is 18.8 Å². The monoisotopic (exact) mass is 395 g/mol. The summed E-state index contributed by atoms with van der Waals surface area (Å²) in [6, 6.07) is 15.2. The second kappa shape index (κ2) is 5.88. The van der Waals surface area contributed by atoms with Crippen LogP contribution < -0.4 is 0 Å². The third kappa shape index (κ3) is 2.99. The molecule has 3 nitrogen and oxygen atoms in total. The van der Waals surface area contributed by atoms with Crippen molar-refractivity contribution in [1.29, 1.82) is 0 Å². The van der Waals surface area contributed by atoms with Crippen molar-refractivity contribution in [3.63, 3.8) is 0 Å². The van der Waals surface area contributed by atoms with Crippen LogP contribution in [0.2, 0.25) is 0 Å². The number of hydrogen-bond acceptors (Lipinski definition) is 4. The number of benzene rings is 2. The smallest absolute Gasteiger partial charge is 0.338 e. The zero-order valence-corrected chi connectivity index (χ0v) is 13.3. The minimum Gasteiger partial charge on any atom is -0.455 e. The predicted octanol–water partition coefficient (Wildman–Crippen LogP) is 4.26. The average molecular weight is 395 g/mol. The Morgan fingerprint density at radius 1 is 1.20 bits per heavy atom. The highest BCUT2D eigenvalue weighted by molar-refractivity contribution is 14.1. The van der Waals surface area contributed by atoms with Gasteiger partial charge in [-0.2, -0.15) is 0 Å². The molecule has 1 aromatic heterocycles. The zero-order chi connectivity index (χ0) is 13.9. The Morgan fingerprint density at radius 2 is 2.05 bits per heavy atom. The van der Waals surface area contributed by atoms with Crippen LogP contribution >= 0.6 is 33.9 Å². The van der Waals surface area contributed by atoms with Crippen LogP contribution in [-0.2, 0) is 11.3 Å². The molecule has 0 unspecified atom stereocenters. The van der Waals surface area contributed by atoms with Crippen LogP contribution in [0, 0.1) is 3.57 Å². The largest absolute Gasteiger partial charge is 0.455 e. The summed E-state index contributed by atoms with van der Waals surface area (Å²) in [6.45, 7) is 0.212. The third-order valence-corrected chi connectivity index (χ3v) is 4.41. The van der Waals surface area contributed by atoms with Gasteiger partial charge < -0.3 is 4.74 Å². The molecule has 5 heteroatoms. The van der Waals surface area contributed by atoms with Gasteiger partial charge in [0.1, 0.15) is 11.6 Å².